The van der Waals surface area contributed by atoms with Gasteiger partial charge < -0.3 is 19.7 Å². The van der Waals surface area contributed by atoms with Crippen molar-refractivity contribution in [3.63, 3.8) is 0 Å². The second kappa shape index (κ2) is 11.5. The minimum atomic E-state index is -0.0893. The first-order valence-corrected chi connectivity index (χ1v) is 12.5. The molecule has 2 aromatic rings. The highest BCUT2D eigenvalue weighted by atomic mass is 16.5. The molecule has 0 aliphatic carbocycles. The molecule has 0 bridgehead atoms. The number of aryl methyl sites for hydroxylation is 2. The van der Waals surface area contributed by atoms with Gasteiger partial charge in [-0.25, -0.2) is 0 Å². The van der Waals surface area contributed by atoms with E-state index in [0.29, 0.717) is 18.2 Å². The van der Waals surface area contributed by atoms with Crippen LogP contribution in [0.1, 0.15) is 65.2 Å². The molecule has 1 aromatic heterocycles. The Morgan fingerprint density at radius 2 is 2.00 bits per heavy atom. The second-order valence-corrected chi connectivity index (χ2v) is 9.17. The number of anilines is 1. The Balaban J connectivity index is 1.70. The number of methoxy groups -OCH3 is 1. The first-order chi connectivity index (χ1) is 16.6. The number of fused-ring (bicyclic) bond motifs is 2. The SMILES string of the molecule is CCN(c1cncc2c1C/C=C\CCCc1cc(C)cc(OC)c1CNC2=O)C1CCOCC1. The highest BCUT2D eigenvalue weighted by Crippen LogP contribution is 2.30. The molecule has 2 aliphatic rings. The van der Waals surface area contributed by atoms with Gasteiger partial charge in [0.25, 0.3) is 5.91 Å². The van der Waals surface area contributed by atoms with E-state index in [1.807, 2.05) is 12.3 Å². The van der Waals surface area contributed by atoms with Crippen LogP contribution in [0.3, 0.4) is 0 Å². The molecule has 1 aromatic carbocycles. The molecule has 3 heterocycles. The van der Waals surface area contributed by atoms with Crippen LogP contribution in [-0.2, 0) is 24.1 Å². The maximum Gasteiger partial charge on any atom is 0.253 e. The van der Waals surface area contributed by atoms with Gasteiger partial charge in [-0.15, -0.1) is 0 Å². The third kappa shape index (κ3) is 5.44. The van der Waals surface area contributed by atoms with Crippen LogP contribution >= 0.6 is 0 Å². The van der Waals surface area contributed by atoms with Gasteiger partial charge in [0.15, 0.2) is 0 Å². The molecule has 2 aliphatic heterocycles. The lowest BCUT2D eigenvalue weighted by Crippen LogP contribution is -2.40. The minimum Gasteiger partial charge on any atom is -0.496 e. The maximum absolute atomic E-state index is 13.5. The van der Waals surface area contributed by atoms with Gasteiger partial charge in [0.05, 0.1) is 24.6 Å². The summed E-state index contributed by atoms with van der Waals surface area (Å²) in [6.45, 7) is 7.14. The Morgan fingerprint density at radius 3 is 2.76 bits per heavy atom. The first kappa shape index (κ1) is 24.3. The fraction of sp³-hybridized carbons (Fsp3) is 0.500. The number of pyridine rings is 1. The predicted octanol–water partition coefficient (Wildman–Crippen LogP) is 4.77. The van der Waals surface area contributed by atoms with Crippen molar-refractivity contribution in [3.05, 3.63) is 64.5 Å². The summed E-state index contributed by atoms with van der Waals surface area (Å²) >= 11 is 0. The van der Waals surface area contributed by atoms with E-state index in [9.17, 15) is 4.79 Å². The molecule has 1 saturated heterocycles. The predicted molar refractivity (Wildman–Crippen MR) is 136 cm³/mol. The molecule has 0 spiro atoms. The van der Waals surface area contributed by atoms with Crippen molar-refractivity contribution >= 4 is 11.6 Å². The number of hydrogen-bond acceptors (Lipinski definition) is 5. The van der Waals surface area contributed by atoms with Gasteiger partial charge in [-0.05, 0) is 75.1 Å². The fourth-order valence-corrected chi connectivity index (χ4v) is 5.21. The van der Waals surface area contributed by atoms with Gasteiger partial charge in [-0.2, -0.15) is 0 Å². The van der Waals surface area contributed by atoms with Crippen molar-refractivity contribution in [1.29, 1.82) is 0 Å². The van der Waals surface area contributed by atoms with Crippen molar-refractivity contribution in [1.82, 2.24) is 10.3 Å². The molecule has 34 heavy (non-hydrogen) atoms. The standard InChI is InChI=1S/C28H37N3O3/c1-4-31(22-11-13-34-14-12-22)26-19-29-17-25-23(26)10-8-6-5-7-9-21-15-20(2)16-27(33-3)24(21)18-30-28(25)32/h6,8,15-17,19,22H,4-5,7,9-14,18H2,1-3H3,(H,30,32)/b8-6-. The molecule has 1 N–H and O–H groups in total. The van der Waals surface area contributed by atoms with Gasteiger partial charge in [-0.3, -0.25) is 9.78 Å². The van der Waals surface area contributed by atoms with Gasteiger partial charge in [-0.1, -0.05) is 18.2 Å². The van der Waals surface area contributed by atoms with Crippen LogP contribution in [0, 0.1) is 6.92 Å². The lowest BCUT2D eigenvalue weighted by atomic mass is 9.98. The lowest BCUT2D eigenvalue weighted by Gasteiger charge is -2.36. The summed E-state index contributed by atoms with van der Waals surface area (Å²) in [5.74, 6) is 0.748. The van der Waals surface area contributed by atoms with Crippen LogP contribution in [-0.4, -0.2) is 43.8 Å². The Hall–Kier alpha value is -2.86. The number of hydrogen-bond donors (Lipinski definition) is 1. The van der Waals surface area contributed by atoms with Crippen LogP contribution < -0.4 is 15.0 Å². The highest BCUT2D eigenvalue weighted by Gasteiger charge is 2.25. The zero-order valence-corrected chi connectivity index (χ0v) is 20.7. The van der Waals surface area contributed by atoms with Crippen LogP contribution in [0.25, 0.3) is 0 Å². The van der Waals surface area contributed by atoms with E-state index in [2.05, 4.69) is 47.3 Å². The molecule has 6 heteroatoms. The van der Waals surface area contributed by atoms with Crippen LogP contribution in [0.15, 0.2) is 36.7 Å². The molecule has 1 fully saturated rings. The number of carbonyl (C=O) groups is 1. The number of aromatic nitrogens is 1. The zero-order valence-electron chi connectivity index (χ0n) is 20.7. The molecule has 0 atom stereocenters. The Morgan fingerprint density at radius 1 is 1.18 bits per heavy atom. The van der Waals surface area contributed by atoms with Crippen molar-refractivity contribution < 1.29 is 14.3 Å². The second-order valence-electron chi connectivity index (χ2n) is 9.17. The number of amides is 1. The summed E-state index contributed by atoms with van der Waals surface area (Å²) < 4.78 is 11.3. The number of ether oxygens (including phenoxy) is 2. The van der Waals surface area contributed by atoms with E-state index >= 15 is 0 Å². The minimum absolute atomic E-state index is 0.0893. The van der Waals surface area contributed by atoms with Gasteiger partial charge in [0.1, 0.15) is 5.75 Å². The van der Waals surface area contributed by atoms with Crippen molar-refractivity contribution in [2.45, 2.75) is 65.0 Å². The van der Waals surface area contributed by atoms with E-state index in [1.54, 1.807) is 13.3 Å². The van der Waals surface area contributed by atoms with Crippen LogP contribution in [0.5, 0.6) is 5.75 Å². The molecule has 0 saturated carbocycles. The number of benzene rings is 1. The fourth-order valence-electron chi connectivity index (χ4n) is 5.21. The lowest BCUT2D eigenvalue weighted by molar-refractivity contribution is 0.0845. The zero-order chi connectivity index (χ0) is 23.9. The summed E-state index contributed by atoms with van der Waals surface area (Å²) in [5.41, 5.74) is 6.25. The Kier molecular flexibility index (Phi) is 8.22. The Bertz CT molecular complexity index is 1030. The third-order valence-electron chi connectivity index (χ3n) is 6.96. The van der Waals surface area contributed by atoms with E-state index < -0.39 is 0 Å². The molecule has 4 rings (SSSR count). The van der Waals surface area contributed by atoms with E-state index in [-0.39, 0.29) is 5.91 Å². The average Bonchev–Trinajstić information content (AvgIpc) is 2.87. The average molecular weight is 464 g/mol. The number of rotatable bonds is 4. The van der Waals surface area contributed by atoms with Crippen molar-refractivity contribution in [3.8, 4) is 5.75 Å². The monoisotopic (exact) mass is 463 g/mol. The molecule has 1 amide bonds. The normalized spacial score (nSPS) is 18.4. The molecular formula is C28H37N3O3. The summed E-state index contributed by atoms with van der Waals surface area (Å²) in [6, 6.07) is 4.67. The molecular weight excluding hydrogens is 426 g/mol. The number of allylic oxidation sites excluding steroid dienone is 2. The van der Waals surface area contributed by atoms with E-state index in [0.717, 1.165) is 80.8 Å². The van der Waals surface area contributed by atoms with Crippen molar-refractivity contribution in [2.24, 2.45) is 0 Å². The van der Waals surface area contributed by atoms with Crippen LogP contribution in [0.2, 0.25) is 0 Å². The van der Waals surface area contributed by atoms with Crippen molar-refractivity contribution in [2.75, 3.05) is 31.8 Å². The van der Waals surface area contributed by atoms with Crippen LogP contribution in [0.4, 0.5) is 5.69 Å². The summed E-state index contributed by atoms with van der Waals surface area (Å²) in [7, 11) is 1.70. The van der Waals surface area contributed by atoms with E-state index in [1.165, 1.54) is 11.1 Å². The Labute approximate surface area is 203 Å². The smallest absolute Gasteiger partial charge is 0.253 e. The highest BCUT2D eigenvalue weighted by molar-refractivity contribution is 5.97. The van der Waals surface area contributed by atoms with Gasteiger partial charge in [0, 0.05) is 44.1 Å². The number of carbonyl (C=O) groups excluding carboxylic acids is 1. The summed E-state index contributed by atoms with van der Waals surface area (Å²) in [4.78, 5) is 20.4. The molecule has 0 unspecified atom stereocenters. The summed E-state index contributed by atoms with van der Waals surface area (Å²) in [5, 5.41) is 3.17. The summed E-state index contributed by atoms with van der Waals surface area (Å²) in [6.07, 6.45) is 13.8. The quantitative estimate of drug-likeness (QED) is 0.662. The molecule has 6 nitrogen and oxygen atoms in total. The topological polar surface area (TPSA) is 63.7 Å². The van der Waals surface area contributed by atoms with Gasteiger partial charge >= 0.3 is 0 Å². The first-order valence-electron chi connectivity index (χ1n) is 12.5. The number of nitrogens with zero attached hydrogens (tertiary/aromatic N) is 2. The molecule has 182 valence electrons. The maximum atomic E-state index is 13.5. The molecule has 0 radical (unpaired) electrons. The van der Waals surface area contributed by atoms with Gasteiger partial charge in [0.2, 0.25) is 0 Å². The largest absolute Gasteiger partial charge is 0.496 e. The van der Waals surface area contributed by atoms with E-state index in [4.69, 9.17) is 9.47 Å². The number of nitrogens with one attached hydrogen (secondary N) is 1. The third-order valence-corrected chi connectivity index (χ3v) is 6.96.